The molecular weight excluding hydrogens is 280 g/mol. The summed E-state index contributed by atoms with van der Waals surface area (Å²) in [7, 11) is 1.26. The first-order chi connectivity index (χ1) is 9.86. The van der Waals surface area contributed by atoms with Crippen LogP contribution in [0.25, 0.3) is 0 Å². The second-order valence-corrected chi connectivity index (χ2v) is 4.76. The smallest absolute Gasteiger partial charge is 0.320 e. The number of hydrogen-bond acceptors (Lipinski definition) is 6. The van der Waals surface area contributed by atoms with Gasteiger partial charge in [0.05, 0.1) is 13.0 Å². The largest absolute Gasteiger partial charge is 0.480 e. The van der Waals surface area contributed by atoms with Crippen molar-refractivity contribution in [2.75, 3.05) is 20.2 Å². The molecule has 118 valence electrons. The lowest BCUT2D eigenvalue weighted by Crippen LogP contribution is -2.39. The predicted molar refractivity (Wildman–Crippen MR) is 73.2 cm³/mol. The highest BCUT2D eigenvalue weighted by atomic mass is 16.5. The fourth-order valence-electron chi connectivity index (χ4n) is 1.97. The van der Waals surface area contributed by atoms with Crippen LogP contribution in [0.5, 0.6) is 0 Å². The highest BCUT2D eigenvalue weighted by molar-refractivity contribution is 6.00. The van der Waals surface area contributed by atoms with Gasteiger partial charge in [-0.25, -0.2) is 0 Å². The van der Waals surface area contributed by atoms with Gasteiger partial charge in [-0.05, 0) is 12.8 Å². The van der Waals surface area contributed by atoms with E-state index in [0.29, 0.717) is 6.42 Å². The van der Waals surface area contributed by atoms with Gasteiger partial charge in [0.2, 0.25) is 5.91 Å². The molecule has 0 aromatic heterocycles. The molecule has 2 atom stereocenters. The lowest BCUT2D eigenvalue weighted by molar-refractivity contribution is -0.145. The van der Waals surface area contributed by atoms with Gasteiger partial charge in [-0.1, -0.05) is 0 Å². The first kappa shape index (κ1) is 16.9. The number of ether oxygens (including phenoxy) is 1. The summed E-state index contributed by atoms with van der Waals surface area (Å²) in [6.07, 6.45) is 0.758. The molecular formula is C12H20N4O5. The zero-order chi connectivity index (χ0) is 16.0. The van der Waals surface area contributed by atoms with Crippen LogP contribution in [0.2, 0.25) is 0 Å². The minimum atomic E-state index is -1.07. The second-order valence-electron chi connectivity index (χ2n) is 4.76. The van der Waals surface area contributed by atoms with E-state index in [4.69, 9.17) is 16.6 Å². The van der Waals surface area contributed by atoms with Crippen LogP contribution in [-0.4, -0.2) is 60.1 Å². The SMILES string of the molecule is COC(=O)C1CC(=O)N(C(N)=NCCCC(N)C(=O)O)C1. The van der Waals surface area contributed by atoms with Gasteiger partial charge >= 0.3 is 11.9 Å². The van der Waals surface area contributed by atoms with Crippen LogP contribution in [0.3, 0.4) is 0 Å². The fraction of sp³-hybridized carbons (Fsp3) is 0.667. The second kappa shape index (κ2) is 7.58. The fourth-order valence-corrected chi connectivity index (χ4v) is 1.97. The molecule has 0 aromatic rings. The number of carbonyl (C=O) groups excluding carboxylic acids is 2. The van der Waals surface area contributed by atoms with E-state index in [0.717, 1.165) is 0 Å². The molecule has 0 bridgehead atoms. The van der Waals surface area contributed by atoms with Crippen LogP contribution >= 0.6 is 0 Å². The van der Waals surface area contributed by atoms with E-state index < -0.39 is 23.9 Å². The highest BCUT2D eigenvalue weighted by Crippen LogP contribution is 2.18. The number of esters is 1. The zero-order valence-electron chi connectivity index (χ0n) is 11.8. The standard InChI is InChI=1S/C12H20N4O5/c1-21-11(20)7-5-9(17)16(6-7)12(14)15-4-2-3-8(13)10(18)19/h7-8H,2-6,13H2,1H3,(H2,14,15)(H,18,19). The Hall–Kier alpha value is -2.16. The van der Waals surface area contributed by atoms with Gasteiger partial charge in [-0.15, -0.1) is 0 Å². The number of rotatable bonds is 6. The first-order valence-electron chi connectivity index (χ1n) is 6.53. The Kier molecular flexibility index (Phi) is 6.10. The molecule has 5 N–H and O–H groups in total. The number of nitrogens with two attached hydrogens (primary N) is 2. The summed E-state index contributed by atoms with van der Waals surface area (Å²) in [5.74, 6) is -2.31. The molecule has 2 unspecified atom stereocenters. The lowest BCUT2D eigenvalue weighted by atomic mass is 10.1. The van der Waals surface area contributed by atoms with Crippen LogP contribution < -0.4 is 11.5 Å². The summed E-state index contributed by atoms with van der Waals surface area (Å²) in [5.41, 5.74) is 11.1. The topological polar surface area (TPSA) is 148 Å². The molecule has 1 rings (SSSR count). The van der Waals surface area contributed by atoms with Crippen molar-refractivity contribution in [1.82, 2.24) is 4.90 Å². The molecule has 1 amide bonds. The zero-order valence-corrected chi connectivity index (χ0v) is 11.8. The van der Waals surface area contributed by atoms with E-state index in [2.05, 4.69) is 9.73 Å². The number of likely N-dealkylation sites (tertiary alicyclic amines) is 1. The molecule has 1 aliphatic rings. The number of carboxylic acids is 1. The number of carbonyl (C=O) groups is 3. The summed E-state index contributed by atoms with van der Waals surface area (Å²) in [5, 5.41) is 8.62. The third-order valence-electron chi connectivity index (χ3n) is 3.20. The van der Waals surface area contributed by atoms with E-state index in [1.165, 1.54) is 12.0 Å². The average molecular weight is 300 g/mol. The average Bonchev–Trinajstić information content (AvgIpc) is 2.84. The van der Waals surface area contributed by atoms with Crippen LogP contribution in [0.1, 0.15) is 19.3 Å². The number of aliphatic carboxylic acids is 1. The third-order valence-corrected chi connectivity index (χ3v) is 3.20. The van der Waals surface area contributed by atoms with Crippen LogP contribution in [-0.2, 0) is 19.1 Å². The number of nitrogens with zero attached hydrogens (tertiary/aromatic N) is 2. The molecule has 0 spiro atoms. The minimum Gasteiger partial charge on any atom is -0.480 e. The highest BCUT2D eigenvalue weighted by Gasteiger charge is 2.36. The summed E-state index contributed by atoms with van der Waals surface area (Å²) < 4.78 is 4.59. The first-order valence-corrected chi connectivity index (χ1v) is 6.53. The molecule has 21 heavy (non-hydrogen) atoms. The van der Waals surface area contributed by atoms with Gasteiger partial charge < -0.3 is 21.3 Å². The van der Waals surface area contributed by atoms with E-state index >= 15 is 0 Å². The van der Waals surface area contributed by atoms with Gasteiger partial charge in [0, 0.05) is 19.5 Å². The van der Waals surface area contributed by atoms with E-state index in [-0.39, 0.29) is 37.8 Å². The molecule has 0 radical (unpaired) electrons. The van der Waals surface area contributed by atoms with Crippen molar-refractivity contribution in [3.8, 4) is 0 Å². The predicted octanol–water partition coefficient (Wildman–Crippen LogP) is -1.49. The molecule has 1 heterocycles. The Morgan fingerprint density at radius 2 is 2.24 bits per heavy atom. The number of guanidine groups is 1. The van der Waals surface area contributed by atoms with Crippen LogP contribution in [0.4, 0.5) is 0 Å². The number of hydrogen-bond donors (Lipinski definition) is 3. The van der Waals surface area contributed by atoms with Gasteiger partial charge in [0.25, 0.3) is 0 Å². The van der Waals surface area contributed by atoms with Crippen molar-refractivity contribution in [2.24, 2.45) is 22.4 Å². The summed E-state index contributed by atoms with van der Waals surface area (Å²) in [6.45, 7) is 0.412. The van der Waals surface area contributed by atoms with Gasteiger partial charge in [-0.3, -0.25) is 24.3 Å². The van der Waals surface area contributed by atoms with Crippen molar-refractivity contribution in [1.29, 1.82) is 0 Å². The summed E-state index contributed by atoms with van der Waals surface area (Å²) in [6, 6.07) is -0.932. The normalized spacial score (nSPS) is 20.5. The molecule has 0 saturated carbocycles. The Labute approximate surface area is 121 Å². The molecule has 0 aromatic carbocycles. The van der Waals surface area contributed by atoms with Crippen molar-refractivity contribution < 1.29 is 24.2 Å². The number of methoxy groups -OCH3 is 1. The maximum atomic E-state index is 11.7. The van der Waals surface area contributed by atoms with Crippen molar-refractivity contribution in [3.05, 3.63) is 0 Å². The molecule has 1 aliphatic heterocycles. The number of amides is 1. The van der Waals surface area contributed by atoms with Crippen molar-refractivity contribution >= 4 is 23.8 Å². The summed E-state index contributed by atoms with van der Waals surface area (Å²) in [4.78, 5) is 38.9. The monoisotopic (exact) mass is 300 g/mol. The quantitative estimate of drug-likeness (QED) is 0.234. The molecule has 9 nitrogen and oxygen atoms in total. The Balaban J connectivity index is 2.46. The molecule has 1 saturated heterocycles. The van der Waals surface area contributed by atoms with Crippen molar-refractivity contribution in [2.45, 2.75) is 25.3 Å². The molecule has 9 heteroatoms. The van der Waals surface area contributed by atoms with E-state index in [1.54, 1.807) is 0 Å². The molecule has 1 fully saturated rings. The number of aliphatic imine (C=N–C) groups is 1. The van der Waals surface area contributed by atoms with E-state index in [1.807, 2.05) is 0 Å². The van der Waals surface area contributed by atoms with Gasteiger partial charge in [0.15, 0.2) is 5.96 Å². The Bertz CT molecular complexity index is 451. The minimum absolute atomic E-state index is 0.0234. The maximum Gasteiger partial charge on any atom is 0.320 e. The molecule has 0 aliphatic carbocycles. The Morgan fingerprint density at radius 1 is 1.57 bits per heavy atom. The number of carboxylic acid groups (broad SMARTS) is 1. The maximum absolute atomic E-state index is 11.7. The van der Waals surface area contributed by atoms with Crippen LogP contribution in [0, 0.1) is 5.92 Å². The van der Waals surface area contributed by atoms with Gasteiger partial charge in [0.1, 0.15) is 6.04 Å². The Morgan fingerprint density at radius 3 is 2.81 bits per heavy atom. The van der Waals surface area contributed by atoms with Gasteiger partial charge in [-0.2, -0.15) is 0 Å². The van der Waals surface area contributed by atoms with Crippen LogP contribution in [0.15, 0.2) is 4.99 Å². The third kappa shape index (κ3) is 4.71. The lowest BCUT2D eigenvalue weighted by Gasteiger charge is -2.15. The van der Waals surface area contributed by atoms with Crippen molar-refractivity contribution in [3.63, 3.8) is 0 Å². The summed E-state index contributed by atoms with van der Waals surface area (Å²) >= 11 is 0. The van der Waals surface area contributed by atoms with E-state index in [9.17, 15) is 14.4 Å².